The lowest BCUT2D eigenvalue weighted by atomic mass is 9.94. The van der Waals surface area contributed by atoms with Crippen molar-refractivity contribution >= 4 is 5.69 Å². The Kier molecular flexibility index (Phi) is 5.20. The number of hydrogen-bond donors (Lipinski definition) is 1. The van der Waals surface area contributed by atoms with Gasteiger partial charge in [-0.2, -0.15) is 0 Å². The van der Waals surface area contributed by atoms with Crippen molar-refractivity contribution < 1.29 is 0 Å². The van der Waals surface area contributed by atoms with Gasteiger partial charge in [0.05, 0.1) is 17.6 Å². The van der Waals surface area contributed by atoms with Crippen molar-refractivity contribution in [2.75, 3.05) is 19.0 Å². The third-order valence-electron chi connectivity index (χ3n) is 4.41. The van der Waals surface area contributed by atoms with Crippen LogP contribution in [0.2, 0.25) is 0 Å². The molecule has 0 radical (unpaired) electrons. The summed E-state index contributed by atoms with van der Waals surface area (Å²) in [5.41, 5.74) is 2.40. The van der Waals surface area contributed by atoms with Gasteiger partial charge >= 0.3 is 0 Å². The van der Waals surface area contributed by atoms with Crippen molar-refractivity contribution in [1.29, 1.82) is 0 Å². The Bertz CT molecular complexity index is 364. The Morgan fingerprint density at radius 1 is 1.32 bits per heavy atom. The molecule has 106 valence electrons. The number of nitrogens with one attached hydrogen (secondary N) is 1. The second-order valence-electron chi connectivity index (χ2n) is 5.59. The summed E-state index contributed by atoms with van der Waals surface area (Å²) < 4.78 is 0. The molecule has 1 unspecified atom stereocenters. The maximum atomic E-state index is 4.63. The van der Waals surface area contributed by atoms with Crippen molar-refractivity contribution in [3.8, 4) is 0 Å². The molecule has 0 spiro atoms. The molecule has 2 rings (SSSR count). The summed E-state index contributed by atoms with van der Waals surface area (Å²) in [7, 11) is 4.21. The normalized spacial score (nSPS) is 18.3. The Hall–Kier alpha value is -1.09. The Labute approximate surface area is 117 Å². The van der Waals surface area contributed by atoms with E-state index in [-0.39, 0.29) is 0 Å². The van der Waals surface area contributed by atoms with Crippen LogP contribution in [-0.2, 0) is 0 Å². The van der Waals surface area contributed by atoms with Gasteiger partial charge in [0.25, 0.3) is 0 Å². The van der Waals surface area contributed by atoms with E-state index < -0.39 is 0 Å². The number of hydrogen-bond acceptors (Lipinski definition) is 3. The zero-order chi connectivity index (χ0) is 13.7. The van der Waals surface area contributed by atoms with Crippen molar-refractivity contribution in [3.05, 3.63) is 24.0 Å². The predicted octanol–water partition coefficient (Wildman–Crippen LogP) is 3.52. The van der Waals surface area contributed by atoms with Gasteiger partial charge in [-0.15, -0.1) is 0 Å². The monoisotopic (exact) mass is 261 g/mol. The topological polar surface area (TPSA) is 28.2 Å². The second kappa shape index (κ2) is 6.90. The molecular formula is C16H27N3. The fraction of sp³-hybridized carbons (Fsp3) is 0.688. The molecule has 19 heavy (non-hydrogen) atoms. The molecule has 0 aliphatic heterocycles. The van der Waals surface area contributed by atoms with Gasteiger partial charge in [-0.3, -0.25) is 4.98 Å². The number of nitrogens with zero attached hydrogens (tertiary/aromatic N) is 2. The lowest BCUT2D eigenvalue weighted by molar-refractivity contribution is 0.427. The van der Waals surface area contributed by atoms with Gasteiger partial charge in [0, 0.05) is 19.1 Å². The third-order valence-corrected chi connectivity index (χ3v) is 4.41. The zero-order valence-electron chi connectivity index (χ0n) is 12.5. The molecule has 3 nitrogen and oxygen atoms in total. The van der Waals surface area contributed by atoms with E-state index in [1.165, 1.54) is 37.8 Å². The van der Waals surface area contributed by atoms with E-state index in [1.54, 1.807) is 0 Å². The van der Waals surface area contributed by atoms with Crippen LogP contribution in [0.1, 0.15) is 57.2 Å². The molecule has 0 amide bonds. The Balaban J connectivity index is 2.04. The fourth-order valence-electron chi connectivity index (χ4n) is 3.05. The summed E-state index contributed by atoms with van der Waals surface area (Å²) in [6.07, 6.45) is 9.90. The smallest absolute Gasteiger partial charge is 0.0574 e. The van der Waals surface area contributed by atoms with E-state index in [2.05, 4.69) is 41.3 Å². The standard InChI is InChI=1S/C16H27N3/c1-4-15(17-2)16-11-10-14(12-18-16)19(3)13-8-6-5-7-9-13/h10-13,15,17H,4-9H2,1-3H3. The van der Waals surface area contributed by atoms with Crippen LogP contribution in [0.25, 0.3) is 0 Å². The van der Waals surface area contributed by atoms with Gasteiger partial charge in [0.1, 0.15) is 0 Å². The molecule has 3 heteroatoms. The van der Waals surface area contributed by atoms with Gasteiger partial charge in [0.15, 0.2) is 0 Å². The first-order chi connectivity index (χ1) is 9.26. The number of anilines is 1. The molecule has 1 aromatic heterocycles. The summed E-state index contributed by atoms with van der Waals surface area (Å²) in [5.74, 6) is 0. The Morgan fingerprint density at radius 3 is 2.58 bits per heavy atom. The molecule has 1 fully saturated rings. The molecule has 0 bridgehead atoms. The van der Waals surface area contributed by atoms with Crippen molar-refractivity contribution in [3.63, 3.8) is 0 Å². The predicted molar refractivity (Wildman–Crippen MR) is 81.6 cm³/mol. The van der Waals surface area contributed by atoms with Crippen LogP contribution in [0.4, 0.5) is 5.69 Å². The first-order valence-electron chi connectivity index (χ1n) is 7.62. The molecule has 1 atom stereocenters. The summed E-state index contributed by atoms with van der Waals surface area (Å²) in [5, 5.41) is 3.30. The number of pyridine rings is 1. The van der Waals surface area contributed by atoms with Crippen LogP contribution in [0.5, 0.6) is 0 Å². The van der Waals surface area contributed by atoms with Crippen LogP contribution < -0.4 is 10.2 Å². The first kappa shape index (κ1) is 14.3. The van der Waals surface area contributed by atoms with Crippen LogP contribution in [0.3, 0.4) is 0 Å². The first-order valence-corrected chi connectivity index (χ1v) is 7.62. The highest BCUT2D eigenvalue weighted by Gasteiger charge is 2.18. The lowest BCUT2D eigenvalue weighted by Gasteiger charge is -2.32. The van der Waals surface area contributed by atoms with Gasteiger partial charge in [-0.05, 0) is 38.4 Å². The largest absolute Gasteiger partial charge is 0.370 e. The molecule has 0 saturated heterocycles. The minimum Gasteiger partial charge on any atom is -0.370 e. The fourth-order valence-corrected chi connectivity index (χ4v) is 3.05. The minimum absolute atomic E-state index is 0.369. The molecule has 1 aliphatic rings. The summed E-state index contributed by atoms with van der Waals surface area (Å²) in [4.78, 5) is 7.05. The average Bonchev–Trinajstić information content (AvgIpc) is 2.49. The van der Waals surface area contributed by atoms with Gasteiger partial charge in [-0.25, -0.2) is 0 Å². The molecular weight excluding hydrogens is 234 g/mol. The van der Waals surface area contributed by atoms with Gasteiger partial charge in [0.2, 0.25) is 0 Å². The van der Waals surface area contributed by atoms with Crippen molar-refractivity contribution in [1.82, 2.24) is 10.3 Å². The van der Waals surface area contributed by atoms with Gasteiger partial charge in [-0.1, -0.05) is 26.2 Å². The highest BCUT2D eigenvalue weighted by Crippen LogP contribution is 2.26. The summed E-state index contributed by atoms with van der Waals surface area (Å²) >= 11 is 0. The Morgan fingerprint density at radius 2 is 2.05 bits per heavy atom. The molecule has 1 heterocycles. The summed E-state index contributed by atoms with van der Waals surface area (Å²) in [6.45, 7) is 2.19. The second-order valence-corrected chi connectivity index (χ2v) is 5.59. The van der Waals surface area contributed by atoms with E-state index in [4.69, 9.17) is 0 Å². The maximum Gasteiger partial charge on any atom is 0.0574 e. The molecule has 1 aliphatic carbocycles. The van der Waals surface area contributed by atoms with Crippen LogP contribution in [0.15, 0.2) is 18.3 Å². The van der Waals surface area contributed by atoms with E-state index in [1.807, 2.05) is 13.2 Å². The van der Waals surface area contributed by atoms with Crippen molar-refractivity contribution in [2.45, 2.75) is 57.5 Å². The average molecular weight is 261 g/mol. The molecule has 1 saturated carbocycles. The zero-order valence-corrected chi connectivity index (χ0v) is 12.5. The van der Waals surface area contributed by atoms with E-state index in [9.17, 15) is 0 Å². The quantitative estimate of drug-likeness (QED) is 0.879. The number of rotatable bonds is 5. The van der Waals surface area contributed by atoms with E-state index >= 15 is 0 Å². The van der Waals surface area contributed by atoms with E-state index in [0.717, 1.165) is 12.1 Å². The van der Waals surface area contributed by atoms with Crippen LogP contribution in [0, 0.1) is 0 Å². The van der Waals surface area contributed by atoms with Crippen LogP contribution >= 0.6 is 0 Å². The minimum atomic E-state index is 0.369. The summed E-state index contributed by atoms with van der Waals surface area (Å²) in [6, 6.07) is 5.46. The van der Waals surface area contributed by atoms with E-state index in [0.29, 0.717) is 12.1 Å². The number of aromatic nitrogens is 1. The third kappa shape index (κ3) is 3.47. The maximum absolute atomic E-state index is 4.63. The SMILES string of the molecule is CCC(NC)c1ccc(N(C)C2CCCCC2)cn1. The van der Waals surface area contributed by atoms with Crippen LogP contribution in [-0.4, -0.2) is 25.1 Å². The molecule has 1 aromatic rings. The molecule has 1 N–H and O–H groups in total. The van der Waals surface area contributed by atoms with Gasteiger partial charge < -0.3 is 10.2 Å². The highest BCUT2D eigenvalue weighted by molar-refractivity contribution is 5.45. The van der Waals surface area contributed by atoms with Crippen molar-refractivity contribution in [2.24, 2.45) is 0 Å². The highest BCUT2D eigenvalue weighted by atomic mass is 15.1. The molecule has 0 aromatic carbocycles. The lowest BCUT2D eigenvalue weighted by Crippen LogP contribution is -2.33.